The average Bonchev–Trinajstić information content (AvgIpc) is 3.75. The molecule has 0 aliphatic carbocycles. The van der Waals surface area contributed by atoms with Crippen LogP contribution in [0.4, 0.5) is 0 Å². The second-order valence-electron chi connectivity index (χ2n) is 14.5. The summed E-state index contributed by atoms with van der Waals surface area (Å²) < 4.78 is 10.6. The number of aryl methyl sites for hydroxylation is 3. The largest absolute Gasteiger partial charge is 2.00 e. The molecule has 0 saturated heterocycles. The average molecular weight is 882 g/mol. The van der Waals surface area contributed by atoms with Crippen LogP contribution >= 0.6 is 0 Å². The van der Waals surface area contributed by atoms with Crippen LogP contribution < -0.4 is 4.74 Å². The molecular formula is C47H50N4OPt. The number of nitrogens with zero attached hydrogens (tertiary/aromatic N) is 4. The summed E-state index contributed by atoms with van der Waals surface area (Å²) in [5.41, 5.74) is 12.3. The zero-order valence-corrected chi connectivity index (χ0v) is 34.3. The van der Waals surface area contributed by atoms with E-state index in [-0.39, 0.29) is 21.1 Å². The van der Waals surface area contributed by atoms with Gasteiger partial charge in [-0.25, -0.2) is 4.98 Å². The number of ether oxygens (including phenoxy) is 1. The van der Waals surface area contributed by atoms with Gasteiger partial charge in [-0.05, 0) is 108 Å². The number of para-hydroxylation sites is 1. The van der Waals surface area contributed by atoms with E-state index in [4.69, 9.17) is 14.8 Å². The third-order valence-corrected chi connectivity index (χ3v) is 10.5. The zero-order valence-electron chi connectivity index (χ0n) is 32.1. The van der Waals surface area contributed by atoms with Crippen molar-refractivity contribution in [2.24, 2.45) is 0 Å². The van der Waals surface area contributed by atoms with Crippen LogP contribution in [0.2, 0.25) is 0 Å². The first-order chi connectivity index (χ1) is 25.3. The van der Waals surface area contributed by atoms with Gasteiger partial charge in [-0.15, -0.1) is 35.7 Å². The summed E-state index contributed by atoms with van der Waals surface area (Å²) in [6.45, 7) is 16.1. The number of fused-ring (bicyclic) bond motifs is 3. The molecule has 0 N–H and O–H groups in total. The first-order valence-electron chi connectivity index (χ1n) is 19.1. The van der Waals surface area contributed by atoms with Crippen molar-refractivity contribution >= 4 is 21.8 Å². The summed E-state index contributed by atoms with van der Waals surface area (Å²) in [6.07, 6.45) is 12.8. The maximum Gasteiger partial charge on any atom is 2.00 e. The second-order valence-corrected chi connectivity index (χ2v) is 14.5. The predicted molar refractivity (Wildman–Crippen MR) is 215 cm³/mol. The summed E-state index contributed by atoms with van der Waals surface area (Å²) in [5.74, 6) is 3.04. The number of pyridine rings is 1. The van der Waals surface area contributed by atoms with Gasteiger partial charge in [0.25, 0.3) is 0 Å². The first-order valence-corrected chi connectivity index (χ1v) is 19.1. The van der Waals surface area contributed by atoms with Gasteiger partial charge in [0.15, 0.2) is 0 Å². The summed E-state index contributed by atoms with van der Waals surface area (Å²) in [7, 11) is 0. The molecule has 6 heteroatoms. The van der Waals surface area contributed by atoms with Crippen LogP contribution in [0.25, 0.3) is 44.4 Å². The van der Waals surface area contributed by atoms with Crippen LogP contribution in [-0.2, 0) is 27.5 Å². The molecule has 4 aromatic carbocycles. The Kier molecular flexibility index (Phi) is 12.0. The van der Waals surface area contributed by atoms with Crippen LogP contribution in [0.3, 0.4) is 0 Å². The van der Waals surface area contributed by atoms with Crippen LogP contribution in [0.15, 0.2) is 91.4 Å². The van der Waals surface area contributed by atoms with Crippen molar-refractivity contribution in [3.8, 4) is 34.1 Å². The molecule has 3 aromatic heterocycles. The fourth-order valence-corrected chi connectivity index (χ4v) is 8.29. The predicted octanol–water partition coefficient (Wildman–Crippen LogP) is 12.8. The maximum atomic E-state index is 6.49. The van der Waals surface area contributed by atoms with Gasteiger partial charge in [-0.2, -0.15) is 17.2 Å². The summed E-state index contributed by atoms with van der Waals surface area (Å²) in [6, 6.07) is 32.3. The van der Waals surface area contributed by atoms with Crippen molar-refractivity contribution in [3.05, 3.63) is 131 Å². The quantitative estimate of drug-likeness (QED) is 0.108. The van der Waals surface area contributed by atoms with Crippen LogP contribution in [0.5, 0.6) is 11.5 Å². The topological polar surface area (TPSA) is 44.9 Å². The minimum Gasteiger partial charge on any atom is -0.509 e. The second kappa shape index (κ2) is 16.7. The number of benzene rings is 4. The molecule has 0 aliphatic heterocycles. The Labute approximate surface area is 329 Å². The summed E-state index contributed by atoms with van der Waals surface area (Å²) >= 11 is 0. The maximum absolute atomic E-state index is 6.49. The van der Waals surface area contributed by atoms with Crippen molar-refractivity contribution in [1.82, 2.24) is 19.3 Å². The Hall–Kier alpha value is -4.47. The molecule has 0 bridgehead atoms. The van der Waals surface area contributed by atoms with Crippen molar-refractivity contribution in [2.75, 3.05) is 0 Å². The van der Waals surface area contributed by atoms with E-state index in [1.54, 1.807) is 0 Å². The van der Waals surface area contributed by atoms with E-state index in [0.717, 1.165) is 77.4 Å². The Morgan fingerprint density at radius 3 is 2.19 bits per heavy atom. The molecule has 7 aromatic rings. The molecule has 2 unspecified atom stereocenters. The third-order valence-electron chi connectivity index (χ3n) is 10.5. The molecule has 274 valence electrons. The van der Waals surface area contributed by atoms with Crippen molar-refractivity contribution in [1.29, 1.82) is 0 Å². The fraction of sp³-hybridized carbons (Fsp3) is 0.319. The zero-order chi connectivity index (χ0) is 36.4. The Bertz CT molecular complexity index is 2320. The van der Waals surface area contributed by atoms with Gasteiger partial charge >= 0.3 is 21.1 Å². The summed E-state index contributed by atoms with van der Waals surface area (Å²) in [4.78, 5) is 4.79. The van der Waals surface area contributed by atoms with Gasteiger partial charge in [-0.1, -0.05) is 83.7 Å². The normalized spacial score (nSPS) is 12.6. The number of hydrogen-bond acceptors (Lipinski definition) is 3. The number of aromatic nitrogens is 4. The number of hydrogen-bond donors (Lipinski definition) is 0. The van der Waals surface area contributed by atoms with Crippen molar-refractivity contribution in [3.63, 3.8) is 0 Å². The van der Waals surface area contributed by atoms with Crippen LogP contribution in [0, 0.1) is 26.0 Å². The Morgan fingerprint density at radius 2 is 1.47 bits per heavy atom. The summed E-state index contributed by atoms with van der Waals surface area (Å²) in [5, 5.41) is 7.18. The molecule has 53 heavy (non-hydrogen) atoms. The van der Waals surface area contributed by atoms with Gasteiger partial charge in [0.1, 0.15) is 5.82 Å². The standard InChI is InChI=1S/C47H50N4O.Pt/c1-8-14-31(4)45-33(6)25-34(7)46(32(5)15-9-2)47(45)36-29-49-50(30-36)37-17-13-18-38(27-37)52-39-21-22-41-40-19-11-12-20-42(40)51(43(41)28-39)44-26-35(16-10-3)23-24-48-44;/h11-13,17-26,29-32H,8-10,14-16H2,1-7H3;/q-2;+2. The molecular weight excluding hydrogens is 832 g/mol. The molecule has 0 aliphatic rings. The molecule has 0 fully saturated rings. The molecule has 3 heterocycles. The van der Waals surface area contributed by atoms with Gasteiger partial charge in [0.05, 0.1) is 6.20 Å². The van der Waals surface area contributed by atoms with E-state index >= 15 is 0 Å². The molecule has 7 rings (SSSR count). The number of rotatable bonds is 13. The monoisotopic (exact) mass is 881 g/mol. The van der Waals surface area contributed by atoms with Gasteiger partial charge in [0.2, 0.25) is 0 Å². The minimum atomic E-state index is 0. The van der Waals surface area contributed by atoms with Crippen LogP contribution in [0.1, 0.15) is 106 Å². The van der Waals surface area contributed by atoms with Crippen molar-refractivity contribution < 1.29 is 25.8 Å². The third kappa shape index (κ3) is 7.64. The van der Waals surface area contributed by atoms with E-state index in [1.807, 2.05) is 41.3 Å². The van der Waals surface area contributed by atoms with E-state index < -0.39 is 0 Å². The molecule has 0 spiro atoms. The molecule has 0 radical (unpaired) electrons. The molecule has 5 nitrogen and oxygen atoms in total. The van der Waals surface area contributed by atoms with E-state index in [0.29, 0.717) is 23.3 Å². The minimum absolute atomic E-state index is 0. The van der Waals surface area contributed by atoms with Crippen molar-refractivity contribution in [2.45, 2.75) is 98.8 Å². The molecule has 0 amide bonds. The smallest absolute Gasteiger partial charge is 0.509 e. The van der Waals surface area contributed by atoms with Crippen LogP contribution in [-0.4, -0.2) is 19.3 Å². The van der Waals surface area contributed by atoms with E-state index in [9.17, 15) is 0 Å². The Morgan fingerprint density at radius 1 is 0.755 bits per heavy atom. The van der Waals surface area contributed by atoms with Gasteiger partial charge in [-0.3, -0.25) is 4.68 Å². The van der Waals surface area contributed by atoms with E-state index in [2.05, 4.69) is 120 Å². The van der Waals surface area contributed by atoms with Gasteiger partial charge in [0, 0.05) is 35.0 Å². The fourth-order valence-electron chi connectivity index (χ4n) is 8.29. The Balaban J connectivity index is 0.00000481. The van der Waals surface area contributed by atoms with E-state index in [1.165, 1.54) is 33.4 Å². The SMILES string of the molecule is CCCc1ccnc(-n2c3[c-]c(Oc4[c-]c(-n5cc(-c6c(C(C)CCC)c(C)cc(C)c6C(C)CCC)cn5)ccc4)ccc3c3ccccc32)c1.[Pt+2]. The molecule has 0 saturated carbocycles. The molecule has 2 atom stereocenters. The first kappa shape index (κ1) is 38.3. The van der Waals surface area contributed by atoms with Gasteiger partial charge < -0.3 is 9.30 Å².